The fourth-order valence-electron chi connectivity index (χ4n) is 1.92. The van der Waals surface area contributed by atoms with Gasteiger partial charge in [0.05, 0.1) is 6.54 Å². The van der Waals surface area contributed by atoms with Crippen molar-refractivity contribution in [1.82, 2.24) is 10.2 Å². The molecular weight excluding hydrogens is 238 g/mol. The van der Waals surface area contributed by atoms with Crippen molar-refractivity contribution >= 4 is 18.3 Å². The zero-order valence-corrected chi connectivity index (χ0v) is 11.9. The van der Waals surface area contributed by atoms with Crippen LogP contribution in [0.25, 0.3) is 0 Å². The van der Waals surface area contributed by atoms with Crippen molar-refractivity contribution in [3.63, 3.8) is 0 Å². The number of likely N-dealkylation sites (tertiary alicyclic amines) is 1. The van der Waals surface area contributed by atoms with Crippen LogP contribution in [-0.4, -0.2) is 43.0 Å². The highest BCUT2D eigenvalue weighted by atomic mass is 35.5. The molecule has 2 atom stereocenters. The third kappa shape index (κ3) is 5.70. The second-order valence-corrected chi connectivity index (χ2v) is 5.23. The van der Waals surface area contributed by atoms with Gasteiger partial charge in [0, 0.05) is 12.6 Å². The molecule has 1 amide bonds. The summed E-state index contributed by atoms with van der Waals surface area (Å²) < 4.78 is 0. The Morgan fingerprint density at radius 3 is 2.59 bits per heavy atom. The molecule has 102 valence electrons. The van der Waals surface area contributed by atoms with Gasteiger partial charge in [0.1, 0.15) is 0 Å². The third-order valence-electron chi connectivity index (χ3n) is 3.46. The molecule has 1 heterocycles. The highest BCUT2D eigenvalue weighted by Crippen LogP contribution is 2.13. The smallest absolute Gasteiger partial charge is 0.234 e. The van der Waals surface area contributed by atoms with Gasteiger partial charge in [-0.2, -0.15) is 0 Å². The molecule has 0 spiro atoms. The number of hydrogen-bond donors (Lipinski definition) is 2. The maximum Gasteiger partial charge on any atom is 0.234 e. The minimum atomic E-state index is 0. The van der Waals surface area contributed by atoms with E-state index < -0.39 is 0 Å². The van der Waals surface area contributed by atoms with Gasteiger partial charge in [-0.15, -0.1) is 12.4 Å². The van der Waals surface area contributed by atoms with Gasteiger partial charge in [0.2, 0.25) is 5.91 Å². The lowest BCUT2D eigenvalue weighted by atomic mass is 10.1. The first-order valence-electron chi connectivity index (χ1n) is 6.24. The largest absolute Gasteiger partial charge is 0.352 e. The summed E-state index contributed by atoms with van der Waals surface area (Å²) in [5.41, 5.74) is 5.62. The van der Waals surface area contributed by atoms with Crippen molar-refractivity contribution in [2.75, 3.05) is 26.2 Å². The molecule has 1 aliphatic rings. The first-order valence-corrected chi connectivity index (χ1v) is 6.24. The van der Waals surface area contributed by atoms with Gasteiger partial charge in [-0.05, 0) is 38.3 Å². The van der Waals surface area contributed by atoms with Crippen molar-refractivity contribution in [3.8, 4) is 0 Å². The summed E-state index contributed by atoms with van der Waals surface area (Å²) in [6.07, 6.45) is 1.13. The topological polar surface area (TPSA) is 58.4 Å². The van der Waals surface area contributed by atoms with Crippen molar-refractivity contribution in [2.24, 2.45) is 17.6 Å². The minimum Gasteiger partial charge on any atom is -0.352 e. The predicted molar refractivity (Wildman–Crippen MR) is 73.3 cm³/mol. The van der Waals surface area contributed by atoms with Crippen molar-refractivity contribution in [1.29, 1.82) is 0 Å². The Hall–Kier alpha value is -0.320. The molecule has 4 nitrogen and oxygen atoms in total. The zero-order chi connectivity index (χ0) is 12.1. The fourth-order valence-corrected chi connectivity index (χ4v) is 1.92. The van der Waals surface area contributed by atoms with Crippen molar-refractivity contribution in [2.45, 2.75) is 33.2 Å². The summed E-state index contributed by atoms with van der Waals surface area (Å²) in [5, 5.41) is 3.03. The lowest BCUT2D eigenvalue weighted by Gasteiger charge is -2.20. The minimum absolute atomic E-state index is 0. The van der Waals surface area contributed by atoms with Crippen LogP contribution in [0.4, 0.5) is 0 Å². The average molecular weight is 264 g/mol. The van der Waals surface area contributed by atoms with Crippen LogP contribution < -0.4 is 11.1 Å². The number of carbonyl (C=O) groups is 1. The molecule has 0 aliphatic carbocycles. The zero-order valence-electron chi connectivity index (χ0n) is 11.1. The molecule has 17 heavy (non-hydrogen) atoms. The van der Waals surface area contributed by atoms with E-state index in [4.69, 9.17) is 5.73 Å². The quantitative estimate of drug-likeness (QED) is 0.773. The monoisotopic (exact) mass is 263 g/mol. The summed E-state index contributed by atoms with van der Waals surface area (Å²) in [6, 6.07) is 0.250. The number of halogens is 1. The summed E-state index contributed by atoms with van der Waals surface area (Å²) >= 11 is 0. The number of carbonyl (C=O) groups excluding carboxylic acids is 1. The Balaban J connectivity index is 0.00000256. The first-order chi connectivity index (χ1) is 7.52. The van der Waals surface area contributed by atoms with Gasteiger partial charge in [0.15, 0.2) is 0 Å². The molecular formula is C12H26ClN3O. The van der Waals surface area contributed by atoms with Crippen LogP contribution >= 0.6 is 12.4 Å². The van der Waals surface area contributed by atoms with Crippen LogP contribution in [-0.2, 0) is 4.79 Å². The Bertz CT molecular complexity index is 236. The molecule has 1 aliphatic heterocycles. The highest BCUT2D eigenvalue weighted by molar-refractivity contribution is 5.85. The SMILES string of the molecule is CC(C)C(C)NC(=O)CN1CCC(CN)C1.Cl. The molecule has 1 rings (SSSR count). The number of amides is 1. The van der Waals surface area contributed by atoms with Crippen LogP contribution in [0, 0.1) is 11.8 Å². The van der Waals surface area contributed by atoms with Gasteiger partial charge in [-0.25, -0.2) is 0 Å². The second kappa shape index (κ2) is 7.90. The molecule has 0 aromatic rings. The van der Waals surface area contributed by atoms with Gasteiger partial charge in [0.25, 0.3) is 0 Å². The van der Waals surface area contributed by atoms with Crippen LogP contribution in [0.2, 0.25) is 0 Å². The Morgan fingerprint density at radius 1 is 1.47 bits per heavy atom. The van der Waals surface area contributed by atoms with E-state index in [0.29, 0.717) is 18.4 Å². The van der Waals surface area contributed by atoms with Crippen LogP contribution in [0.15, 0.2) is 0 Å². The lowest BCUT2D eigenvalue weighted by molar-refractivity contribution is -0.122. The van der Waals surface area contributed by atoms with E-state index in [-0.39, 0.29) is 24.4 Å². The maximum atomic E-state index is 11.7. The van der Waals surface area contributed by atoms with Gasteiger partial charge >= 0.3 is 0 Å². The Labute approximate surface area is 111 Å². The molecule has 0 bridgehead atoms. The second-order valence-electron chi connectivity index (χ2n) is 5.23. The normalized spacial score (nSPS) is 22.3. The fraction of sp³-hybridized carbons (Fsp3) is 0.917. The number of nitrogens with zero attached hydrogens (tertiary/aromatic N) is 1. The molecule has 0 radical (unpaired) electrons. The third-order valence-corrected chi connectivity index (χ3v) is 3.46. The molecule has 3 N–H and O–H groups in total. The van der Waals surface area contributed by atoms with E-state index in [9.17, 15) is 4.79 Å². The average Bonchev–Trinajstić information content (AvgIpc) is 2.65. The number of nitrogens with one attached hydrogen (secondary N) is 1. The maximum absolute atomic E-state index is 11.7. The van der Waals surface area contributed by atoms with E-state index >= 15 is 0 Å². The van der Waals surface area contributed by atoms with E-state index in [1.165, 1.54) is 0 Å². The molecule has 0 saturated carbocycles. The van der Waals surface area contributed by atoms with Crippen LogP contribution in [0.5, 0.6) is 0 Å². The summed E-state index contributed by atoms with van der Waals surface area (Å²) in [5.74, 6) is 1.20. The van der Waals surface area contributed by atoms with E-state index in [1.807, 2.05) is 0 Å². The summed E-state index contributed by atoms with van der Waals surface area (Å²) in [7, 11) is 0. The number of hydrogen-bond acceptors (Lipinski definition) is 3. The van der Waals surface area contributed by atoms with E-state index in [1.54, 1.807) is 0 Å². The van der Waals surface area contributed by atoms with E-state index in [2.05, 4.69) is 31.0 Å². The van der Waals surface area contributed by atoms with Crippen LogP contribution in [0.1, 0.15) is 27.2 Å². The Kier molecular flexibility index (Phi) is 7.75. The summed E-state index contributed by atoms with van der Waals surface area (Å²) in [4.78, 5) is 13.9. The molecule has 1 saturated heterocycles. The molecule has 0 aromatic heterocycles. The lowest BCUT2D eigenvalue weighted by Crippen LogP contribution is -2.42. The van der Waals surface area contributed by atoms with Crippen LogP contribution in [0.3, 0.4) is 0 Å². The van der Waals surface area contributed by atoms with Gasteiger partial charge in [-0.1, -0.05) is 13.8 Å². The number of nitrogens with two attached hydrogens (primary N) is 1. The first kappa shape index (κ1) is 16.7. The van der Waals surface area contributed by atoms with Gasteiger partial charge < -0.3 is 11.1 Å². The standard InChI is InChI=1S/C12H25N3O.ClH/c1-9(2)10(3)14-12(16)8-15-5-4-11(6-13)7-15;/h9-11H,4-8,13H2,1-3H3,(H,14,16);1H. The van der Waals surface area contributed by atoms with Crippen molar-refractivity contribution in [3.05, 3.63) is 0 Å². The number of rotatable bonds is 5. The highest BCUT2D eigenvalue weighted by Gasteiger charge is 2.23. The van der Waals surface area contributed by atoms with Crippen molar-refractivity contribution < 1.29 is 4.79 Å². The predicted octanol–water partition coefficient (Wildman–Crippen LogP) is 0.850. The molecule has 5 heteroatoms. The molecule has 2 unspecified atom stereocenters. The molecule has 0 aromatic carbocycles. The summed E-state index contributed by atoms with van der Waals surface area (Å²) in [6.45, 7) is 9.52. The Morgan fingerprint density at radius 2 is 2.12 bits per heavy atom. The van der Waals surface area contributed by atoms with E-state index in [0.717, 1.165) is 26.1 Å². The van der Waals surface area contributed by atoms with Gasteiger partial charge in [-0.3, -0.25) is 9.69 Å². The molecule has 1 fully saturated rings.